The summed E-state index contributed by atoms with van der Waals surface area (Å²) in [6.45, 7) is 1.88. The number of ether oxygens (including phenoxy) is 1. The Morgan fingerprint density at radius 1 is 1.30 bits per heavy atom. The third-order valence-electron chi connectivity index (χ3n) is 4.22. The van der Waals surface area contributed by atoms with E-state index < -0.39 is 0 Å². The summed E-state index contributed by atoms with van der Waals surface area (Å²) in [4.78, 5) is 16.5. The van der Waals surface area contributed by atoms with Gasteiger partial charge in [-0.25, -0.2) is 5.43 Å². The van der Waals surface area contributed by atoms with E-state index >= 15 is 0 Å². The third-order valence-corrected chi connectivity index (χ3v) is 4.22. The predicted octanol–water partition coefficient (Wildman–Crippen LogP) is 3.02. The molecule has 1 aliphatic heterocycles. The zero-order chi connectivity index (χ0) is 16.2. The standard InChI is InChI=1S/C18H21N3O2/c1-3-18(22)21-17(13-6-8-15(23-2)9-7-13)11-16(20-21)14-5-4-10-19-12-14/h4-10,12,16-17,20H,3,11H2,1-2H3. The molecule has 2 unspecified atom stereocenters. The summed E-state index contributed by atoms with van der Waals surface area (Å²) in [7, 11) is 1.65. The number of amides is 1. The number of aromatic nitrogens is 1. The lowest BCUT2D eigenvalue weighted by Crippen LogP contribution is -2.39. The van der Waals surface area contributed by atoms with Crippen LogP contribution in [0.25, 0.3) is 0 Å². The molecule has 2 atom stereocenters. The second-order valence-corrected chi connectivity index (χ2v) is 5.61. The van der Waals surface area contributed by atoms with Gasteiger partial charge in [-0.1, -0.05) is 25.1 Å². The quantitative estimate of drug-likeness (QED) is 0.943. The zero-order valence-corrected chi connectivity index (χ0v) is 13.4. The molecular weight excluding hydrogens is 290 g/mol. The number of carbonyl (C=O) groups is 1. The Kier molecular flexibility index (Phi) is 4.57. The van der Waals surface area contributed by atoms with Crippen molar-refractivity contribution in [2.24, 2.45) is 0 Å². The number of nitrogens with one attached hydrogen (secondary N) is 1. The SMILES string of the molecule is CCC(=O)N1NC(c2cccnc2)CC1c1ccc(OC)cc1. The van der Waals surface area contributed by atoms with Crippen molar-refractivity contribution in [1.29, 1.82) is 0 Å². The van der Waals surface area contributed by atoms with Crippen LogP contribution in [0.5, 0.6) is 5.75 Å². The van der Waals surface area contributed by atoms with Crippen molar-refractivity contribution < 1.29 is 9.53 Å². The minimum absolute atomic E-state index is 0.0126. The fourth-order valence-electron chi connectivity index (χ4n) is 2.96. The number of hydrogen-bond donors (Lipinski definition) is 1. The fraction of sp³-hybridized carbons (Fsp3) is 0.333. The zero-order valence-electron chi connectivity index (χ0n) is 13.4. The molecule has 0 bridgehead atoms. The molecular formula is C18H21N3O2. The topological polar surface area (TPSA) is 54.5 Å². The summed E-state index contributed by atoms with van der Waals surface area (Å²) in [5, 5.41) is 1.76. The van der Waals surface area contributed by atoms with Crippen molar-refractivity contribution in [3.05, 3.63) is 59.9 Å². The maximum atomic E-state index is 12.3. The van der Waals surface area contributed by atoms with E-state index in [2.05, 4.69) is 10.4 Å². The molecule has 2 heterocycles. The van der Waals surface area contributed by atoms with E-state index in [9.17, 15) is 4.79 Å². The molecule has 0 radical (unpaired) electrons. The highest BCUT2D eigenvalue weighted by molar-refractivity contribution is 5.76. The Balaban J connectivity index is 1.87. The van der Waals surface area contributed by atoms with Crippen molar-refractivity contribution >= 4 is 5.91 Å². The van der Waals surface area contributed by atoms with Crippen molar-refractivity contribution in [1.82, 2.24) is 15.4 Å². The molecule has 1 N–H and O–H groups in total. The van der Waals surface area contributed by atoms with Crippen LogP contribution >= 0.6 is 0 Å². The number of benzene rings is 1. The number of methoxy groups -OCH3 is 1. The van der Waals surface area contributed by atoms with Gasteiger partial charge in [-0.3, -0.25) is 14.8 Å². The minimum Gasteiger partial charge on any atom is -0.497 e. The highest BCUT2D eigenvalue weighted by Gasteiger charge is 2.36. The first kappa shape index (κ1) is 15.5. The maximum Gasteiger partial charge on any atom is 0.236 e. The van der Waals surface area contributed by atoms with E-state index in [1.54, 1.807) is 18.3 Å². The average molecular weight is 311 g/mol. The molecule has 23 heavy (non-hydrogen) atoms. The van der Waals surface area contributed by atoms with Crippen molar-refractivity contribution in [3.63, 3.8) is 0 Å². The molecule has 3 rings (SSSR count). The smallest absolute Gasteiger partial charge is 0.236 e. The summed E-state index contributed by atoms with van der Waals surface area (Å²) in [5.74, 6) is 0.911. The molecule has 5 nitrogen and oxygen atoms in total. The third kappa shape index (κ3) is 3.19. The largest absolute Gasteiger partial charge is 0.497 e. The Hall–Kier alpha value is -2.40. The highest BCUT2D eigenvalue weighted by Crippen LogP contribution is 2.37. The molecule has 0 saturated carbocycles. The van der Waals surface area contributed by atoms with Crippen LogP contribution in [0.15, 0.2) is 48.8 Å². The van der Waals surface area contributed by atoms with Gasteiger partial charge in [-0.2, -0.15) is 0 Å². The Morgan fingerprint density at radius 3 is 2.70 bits per heavy atom. The normalized spacial score (nSPS) is 20.5. The average Bonchev–Trinajstić information content (AvgIpc) is 3.07. The Bertz CT molecular complexity index is 658. The molecule has 1 aliphatic rings. The van der Waals surface area contributed by atoms with Crippen LogP contribution in [0, 0.1) is 0 Å². The second kappa shape index (κ2) is 6.79. The van der Waals surface area contributed by atoms with E-state index in [0.29, 0.717) is 6.42 Å². The first-order chi connectivity index (χ1) is 11.2. The van der Waals surface area contributed by atoms with Crippen LogP contribution < -0.4 is 10.2 Å². The lowest BCUT2D eigenvalue weighted by molar-refractivity contribution is -0.135. The first-order valence-electron chi connectivity index (χ1n) is 7.85. The Labute approximate surface area is 136 Å². The van der Waals surface area contributed by atoms with Crippen molar-refractivity contribution in [3.8, 4) is 5.75 Å². The van der Waals surface area contributed by atoms with Gasteiger partial charge < -0.3 is 4.74 Å². The van der Waals surface area contributed by atoms with Gasteiger partial charge in [0.1, 0.15) is 5.75 Å². The second-order valence-electron chi connectivity index (χ2n) is 5.61. The van der Waals surface area contributed by atoms with E-state index in [1.165, 1.54) is 0 Å². The number of rotatable bonds is 4. The lowest BCUT2D eigenvalue weighted by atomic mass is 9.98. The van der Waals surface area contributed by atoms with Gasteiger partial charge in [0.15, 0.2) is 0 Å². The van der Waals surface area contributed by atoms with Crippen LogP contribution in [-0.2, 0) is 4.79 Å². The minimum atomic E-state index is 0.0126. The van der Waals surface area contributed by atoms with Gasteiger partial charge in [0.05, 0.1) is 19.2 Å². The number of pyridine rings is 1. The monoisotopic (exact) mass is 311 g/mol. The number of hydrazine groups is 1. The maximum absolute atomic E-state index is 12.3. The summed E-state index contributed by atoms with van der Waals surface area (Å²) in [6, 6.07) is 12.0. The first-order valence-corrected chi connectivity index (χ1v) is 7.85. The fourth-order valence-corrected chi connectivity index (χ4v) is 2.96. The van der Waals surface area contributed by atoms with Gasteiger partial charge in [-0.15, -0.1) is 0 Å². The summed E-state index contributed by atoms with van der Waals surface area (Å²) in [6.07, 6.45) is 4.90. The van der Waals surface area contributed by atoms with Crippen molar-refractivity contribution in [2.75, 3.05) is 7.11 Å². The van der Waals surface area contributed by atoms with E-state index in [0.717, 1.165) is 23.3 Å². The summed E-state index contributed by atoms with van der Waals surface area (Å²) < 4.78 is 5.21. The molecule has 1 amide bonds. The van der Waals surface area contributed by atoms with Crippen LogP contribution in [-0.4, -0.2) is 23.0 Å². The Morgan fingerprint density at radius 2 is 2.09 bits per heavy atom. The predicted molar refractivity (Wildman–Crippen MR) is 87.6 cm³/mol. The van der Waals surface area contributed by atoms with Gasteiger partial charge in [-0.05, 0) is 35.7 Å². The van der Waals surface area contributed by atoms with E-state index in [1.807, 2.05) is 49.5 Å². The summed E-state index contributed by atoms with van der Waals surface area (Å²) in [5.41, 5.74) is 5.55. The molecule has 1 saturated heterocycles. The van der Waals surface area contributed by atoms with Crippen molar-refractivity contribution in [2.45, 2.75) is 31.8 Å². The molecule has 120 valence electrons. The van der Waals surface area contributed by atoms with E-state index in [4.69, 9.17) is 4.74 Å². The van der Waals surface area contributed by atoms with Gasteiger partial charge >= 0.3 is 0 Å². The molecule has 0 spiro atoms. The number of carbonyl (C=O) groups excluding carboxylic acids is 1. The molecule has 1 aromatic heterocycles. The molecule has 2 aromatic rings. The van der Waals surface area contributed by atoms with Crippen LogP contribution in [0.4, 0.5) is 0 Å². The lowest BCUT2D eigenvalue weighted by Gasteiger charge is -2.24. The highest BCUT2D eigenvalue weighted by atomic mass is 16.5. The molecule has 1 fully saturated rings. The van der Waals surface area contributed by atoms with Crippen LogP contribution in [0.3, 0.4) is 0 Å². The van der Waals surface area contributed by atoms with Crippen LogP contribution in [0.2, 0.25) is 0 Å². The molecule has 5 heteroatoms. The molecule has 1 aromatic carbocycles. The van der Waals surface area contributed by atoms with E-state index in [-0.39, 0.29) is 18.0 Å². The van der Waals surface area contributed by atoms with Crippen LogP contribution in [0.1, 0.15) is 43.0 Å². The van der Waals surface area contributed by atoms with Gasteiger partial charge in [0.25, 0.3) is 0 Å². The van der Waals surface area contributed by atoms with Gasteiger partial charge in [0.2, 0.25) is 5.91 Å². The molecule has 0 aliphatic carbocycles. The van der Waals surface area contributed by atoms with Gasteiger partial charge in [0, 0.05) is 18.8 Å². The number of hydrogen-bond acceptors (Lipinski definition) is 4. The number of nitrogens with zero attached hydrogens (tertiary/aromatic N) is 2. The summed E-state index contributed by atoms with van der Waals surface area (Å²) >= 11 is 0.